The number of hydrogen-bond acceptors (Lipinski definition) is 4. The first-order valence-electron chi connectivity index (χ1n) is 4.73. The molecule has 1 aromatic heterocycles. The number of rotatable bonds is 1. The lowest BCUT2D eigenvalue weighted by Crippen LogP contribution is -2.15. The van der Waals surface area contributed by atoms with Gasteiger partial charge in [0.15, 0.2) is 20.8 Å². The minimum Gasteiger partial charge on any atom is -0.444 e. The van der Waals surface area contributed by atoms with Crippen molar-refractivity contribution in [2.45, 2.75) is 37.6 Å². The average molecular weight is 215 g/mol. The molecule has 0 saturated carbocycles. The minimum atomic E-state index is -3.16. The Hall–Kier alpha value is -0.840. The first-order chi connectivity index (χ1) is 6.50. The smallest absolute Gasteiger partial charge is 0.199 e. The third-order valence-corrected chi connectivity index (χ3v) is 4.02. The van der Waals surface area contributed by atoms with E-state index in [4.69, 9.17) is 4.42 Å². The van der Waals surface area contributed by atoms with Gasteiger partial charge in [-0.3, -0.25) is 0 Å². The standard InChI is InChI=1S/C9H13NO3S/c1-6(2)8-10-9-7(13-8)4-3-5-14(9,11)12/h6H,3-5H2,1-2H3. The van der Waals surface area contributed by atoms with E-state index in [-0.39, 0.29) is 16.7 Å². The molecule has 78 valence electrons. The van der Waals surface area contributed by atoms with Crippen molar-refractivity contribution >= 4 is 9.84 Å². The molecule has 0 unspecified atom stereocenters. The molecule has 0 aromatic carbocycles. The van der Waals surface area contributed by atoms with Crippen LogP contribution in [0.3, 0.4) is 0 Å². The van der Waals surface area contributed by atoms with Crippen LogP contribution in [-0.2, 0) is 16.3 Å². The van der Waals surface area contributed by atoms with Crippen LogP contribution in [0.5, 0.6) is 0 Å². The third-order valence-electron chi connectivity index (χ3n) is 2.28. The van der Waals surface area contributed by atoms with Crippen molar-refractivity contribution in [3.63, 3.8) is 0 Å². The zero-order valence-corrected chi connectivity index (χ0v) is 9.10. The normalized spacial score (nSPS) is 19.6. The number of oxazole rings is 1. The number of aromatic nitrogens is 1. The zero-order valence-electron chi connectivity index (χ0n) is 8.28. The molecule has 1 aliphatic heterocycles. The van der Waals surface area contributed by atoms with E-state index in [1.54, 1.807) is 0 Å². The van der Waals surface area contributed by atoms with Crippen molar-refractivity contribution in [3.8, 4) is 0 Å². The Morgan fingerprint density at radius 3 is 2.71 bits per heavy atom. The molecule has 0 N–H and O–H groups in total. The summed E-state index contributed by atoms with van der Waals surface area (Å²) in [7, 11) is -3.16. The van der Waals surface area contributed by atoms with E-state index in [0.717, 1.165) is 0 Å². The fraction of sp³-hybridized carbons (Fsp3) is 0.667. The summed E-state index contributed by atoms with van der Waals surface area (Å²) >= 11 is 0. The second-order valence-electron chi connectivity index (χ2n) is 3.86. The van der Waals surface area contributed by atoms with Gasteiger partial charge in [0.25, 0.3) is 0 Å². The lowest BCUT2D eigenvalue weighted by molar-refractivity contribution is 0.429. The molecule has 4 nitrogen and oxygen atoms in total. The van der Waals surface area contributed by atoms with Crippen LogP contribution in [0.1, 0.15) is 37.8 Å². The highest BCUT2D eigenvalue weighted by Gasteiger charge is 2.30. The molecular formula is C9H13NO3S. The Bertz CT molecular complexity index is 445. The topological polar surface area (TPSA) is 60.2 Å². The second kappa shape index (κ2) is 3.08. The first kappa shape index (κ1) is 9.71. The number of fused-ring (bicyclic) bond motifs is 1. The van der Waals surface area contributed by atoms with Gasteiger partial charge >= 0.3 is 0 Å². The van der Waals surface area contributed by atoms with Crippen LogP contribution in [0.2, 0.25) is 0 Å². The molecular weight excluding hydrogens is 202 g/mol. The summed E-state index contributed by atoms with van der Waals surface area (Å²) in [6, 6.07) is 0. The van der Waals surface area contributed by atoms with Gasteiger partial charge in [-0.15, -0.1) is 0 Å². The molecule has 0 atom stereocenters. The lowest BCUT2D eigenvalue weighted by atomic mass is 10.2. The maximum Gasteiger partial charge on any atom is 0.199 e. The van der Waals surface area contributed by atoms with Gasteiger partial charge in [-0.25, -0.2) is 13.4 Å². The zero-order chi connectivity index (χ0) is 10.3. The Labute approximate surface area is 83.3 Å². The molecule has 2 rings (SSSR count). The predicted molar refractivity (Wildman–Crippen MR) is 51.0 cm³/mol. The van der Waals surface area contributed by atoms with E-state index in [9.17, 15) is 8.42 Å². The molecule has 14 heavy (non-hydrogen) atoms. The van der Waals surface area contributed by atoms with Gasteiger partial charge in [-0.2, -0.15) is 0 Å². The molecule has 0 aliphatic carbocycles. The van der Waals surface area contributed by atoms with Crippen molar-refractivity contribution in [2.24, 2.45) is 0 Å². The lowest BCUT2D eigenvalue weighted by Gasteiger charge is -2.07. The van der Waals surface area contributed by atoms with Crippen LogP contribution >= 0.6 is 0 Å². The number of hydrogen-bond donors (Lipinski definition) is 0. The van der Waals surface area contributed by atoms with Crippen LogP contribution in [0.25, 0.3) is 0 Å². The molecule has 0 radical (unpaired) electrons. The van der Waals surface area contributed by atoms with Crippen molar-refractivity contribution in [3.05, 3.63) is 11.7 Å². The Morgan fingerprint density at radius 1 is 1.43 bits per heavy atom. The van der Waals surface area contributed by atoms with E-state index in [2.05, 4.69) is 4.98 Å². The number of sulfone groups is 1. The molecule has 5 heteroatoms. The van der Waals surface area contributed by atoms with Crippen LogP contribution in [0.15, 0.2) is 9.44 Å². The van der Waals surface area contributed by atoms with Crippen LogP contribution in [0.4, 0.5) is 0 Å². The van der Waals surface area contributed by atoms with E-state index >= 15 is 0 Å². The van der Waals surface area contributed by atoms with E-state index in [1.165, 1.54) is 0 Å². The van der Waals surface area contributed by atoms with Gasteiger partial charge < -0.3 is 4.42 Å². The Morgan fingerprint density at radius 2 is 2.14 bits per heavy atom. The summed E-state index contributed by atoms with van der Waals surface area (Å²) < 4.78 is 28.6. The molecule has 1 aromatic rings. The number of nitrogens with zero attached hydrogens (tertiary/aromatic N) is 1. The third kappa shape index (κ3) is 1.45. The van der Waals surface area contributed by atoms with Crippen LogP contribution in [0, 0.1) is 0 Å². The summed E-state index contributed by atoms with van der Waals surface area (Å²) in [6.45, 7) is 3.87. The molecule has 0 amide bonds. The first-order valence-corrected chi connectivity index (χ1v) is 6.38. The summed E-state index contributed by atoms with van der Waals surface area (Å²) in [6.07, 6.45) is 1.33. The molecule has 0 spiro atoms. The van der Waals surface area contributed by atoms with Gasteiger partial charge in [-0.1, -0.05) is 13.8 Å². The van der Waals surface area contributed by atoms with E-state index < -0.39 is 9.84 Å². The van der Waals surface area contributed by atoms with E-state index in [0.29, 0.717) is 24.5 Å². The average Bonchev–Trinajstić information content (AvgIpc) is 2.48. The predicted octanol–water partition coefficient (Wildman–Crippen LogP) is 1.52. The van der Waals surface area contributed by atoms with Gasteiger partial charge in [0.05, 0.1) is 5.75 Å². The second-order valence-corrected chi connectivity index (χ2v) is 5.88. The van der Waals surface area contributed by atoms with Crippen LogP contribution < -0.4 is 0 Å². The molecule has 2 heterocycles. The summed E-state index contributed by atoms with van der Waals surface area (Å²) in [5, 5.41) is 0.174. The summed E-state index contributed by atoms with van der Waals surface area (Å²) in [5.74, 6) is 1.40. The molecule has 1 aliphatic rings. The van der Waals surface area contributed by atoms with Gasteiger partial charge in [0, 0.05) is 12.3 Å². The fourth-order valence-electron chi connectivity index (χ4n) is 1.52. The Balaban J connectivity index is 2.55. The molecule has 0 fully saturated rings. The van der Waals surface area contributed by atoms with Crippen LogP contribution in [-0.4, -0.2) is 19.2 Å². The van der Waals surface area contributed by atoms with Crippen molar-refractivity contribution in [1.82, 2.24) is 4.98 Å². The minimum absolute atomic E-state index is 0.135. The SMILES string of the molecule is CC(C)c1nc2c(o1)CCCS2(=O)=O. The van der Waals surface area contributed by atoms with Gasteiger partial charge in [0.2, 0.25) is 0 Å². The van der Waals surface area contributed by atoms with Gasteiger partial charge in [0.1, 0.15) is 5.76 Å². The van der Waals surface area contributed by atoms with Gasteiger partial charge in [-0.05, 0) is 6.42 Å². The van der Waals surface area contributed by atoms with Crippen molar-refractivity contribution in [1.29, 1.82) is 0 Å². The molecule has 0 bridgehead atoms. The maximum atomic E-state index is 11.6. The van der Waals surface area contributed by atoms with Crippen molar-refractivity contribution in [2.75, 3.05) is 5.75 Å². The highest BCUT2D eigenvalue weighted by molar-refractivity contribution is 7.91. The summed E-state index contributed by atoms with van der Waals surface area (Å²) in [4.78, 5) is 4.05. The quantitative estimate of drug-likeness (QED) is 0.712. The highest BCUT2D eigenvalue weighted by atomic mass is 32.2. The monoisotopic (exact) mass is 215 g/mol. The van der Waals surface area contributed by atoms with E-state index in [1.807, 2.05) is 13.8 Å². The number of aryl methyl sites for hydroxylation is 1. The maximum absolute atomic E-state index is 11.6. The van der Waals surface area contributed by atoms with Crippen molar-refractivity contribution < 1.29 is 12.8 Å². The largest absolute Gasteiger partial charge is 0.444 e. The Kier molecular flexibility index (Phi) is 2.14. The highest BCUT2D eigenvalue weighted by Crippen LogP contribution is 2.27. The summed E-state index contributed by atoms with van der Waals surface area (Å²) in [5.41, 5.74) is 0. The molecule has 0 saturated heterocycles. The fourth-order valence-corrected chi connectivity index (χ4v) is 2.96.